The van der Waals surface area contributed by atoms with Crippen molar-refractivity contribution < 1.29 is 19.4 Å². The van der Waals surface area contributed by atoms with E-state index in [9.17, 15) is 9.90 Å². The van der Waals surface area contributed by atoms with E-state index in [0.29, 0.717) is 19.6 Å². The van der Waals surface area contributed by atoms with Gasteiger partial charge in [0.25, 0.3) is 0 Å². The van der Waals surface area contributed by atoms with Crippen molar-refractivity contribution in [1.82, 2.24) is 0 Å². The second kappa shape index (κ2) is 10.4. The number of thiophene rings is 1. The SMILES string of the molecule is CCO[C@@H](Cc1ccc(OCc2sc(-c3ccc(CC)cc3)cc2C)cc1)C(=O)O. The molecule has 0 aliphatic rings. The standard InChI is InChI=1S/C25H28O4S/c1-4-18-6-10-20(11-7-18)23-14-17(3)24(30-23)16-29-21-12-8-19(9-13-21)15-22(25(26)27)28-5-2/h6-14,22H,4-5,15-16H2,1-3H3,(H,26,27)/t22-/m0/s1. The normalized spacial score (nSPS) is 12.0. The summed E-state index contributed by atoms with van der Waals surface area (Å²) < 4.78 is 11.3. The summed E-state index contributed by atoms with van der Waals surface area (Å²) in [4.78, 5) is 13.7. The van der Waals surface area contributed by atoms with Crippen LogP contribution in [0.2, 0.25) is 0 Å². The zero-order chi connectivity index (χ0) is 21.5. The molecule has 5 heteroatoms. The first-order chi connectivity index (χ1) is 14.5. The van der Waals surface area contributed by atoms with Crippen LogP contribution in [-0.2, 0) is 29.0 Å². The zero-order valence-electron chi connectivity index (χ0n) is 17.7. The number of hydrogen-bond acceptors (Lipinski definition) is 4. The second-order valence-electron chi connectivity index (χ2n) is 7.19. The van der Waals surface area contributed by atoms with Gasteiger partial charge in [0.05, 0.1) is 0 Å². The molecular formula is C25H28O4S. The fourth-order valence-electron chi connectivity index (χ4n) is 3.21. The maximum absolute atomic E-state index is 11.2. The van der Waals surface area contributed by atoms with Gasteiger partial charge in [0.1, 0.15) is 12.4 Å². The molecule has 1 atom stereocenters. The van der Waals surface area contributed by atoms with Crippen molar-refractivity contribution in [3.8, 4) is 16.2 Å². The van der Waals surface area contributed by atoms with Crippen LogP contribution in [0.15, 0.2) is 54.6 Å². The van der Waals surface area contributed by atoms with Crippen molar-refractivity contribution in [3.05, 3.63) is 76.2 Å². The molecule has 4 nitrogen and oxygen atoms in total. The van der Waals surface area contributed by atoms with Gasteiger partial charge in [0.15, 0.2) is 6.10 Å². The Morgan fingerprint density at radius 1 is 1.03 bits per heavy atom. The van der Waals surface area contributed by atoms with E-state index in [4.69, 9.17) is 9.47 Å². The van der Waals surface area contributed by atoms with Gasteiger partial charge in [-0.25, -0.2) is 4.79 Å². The first-order valence-electron chi connectivity index (χ1n) is 10.2. The summed E-state index contributed by atoms with van der Waals surface area (Å²) in [6, 6.07) is 18.5. The highest BCUT2D eigenvalue weighted by atomic mass is 32.1. The van der Waals surface area contributed by atoms with Crippen LogP contribution in [0, 0.1) is 6.92 Å². The van der Waals surface area contributed by atoms with E-state index in [1.807, 2.05) is 24.3 Å². The minimum absolute atomic E-state index is 0.341. The largest absolute Gasteiger partial charge is 0.488 e. The molecule has 2 aromatic carbocycles. The van der Waals surface area contributed by atoms with Crippen molar-refractivity contribution in [2.75, 3.05) is 6.61 Å². The molecule has 0 amide bonds. The Bertz CT molecular complexity index is 958. The minimum Gasteiger partial charge on any atom is -0.488 e. The van der Waals surface area contributed by atoms with E-state index in [0.717, 1.165) is 17.7 Å². The van der Waals surface area contributed by atoms with Crippen molar-refractivity contribution in [1.29, 1.82) is 0 Å². The summed E-state index contributed by atoms with van der Waals surface area (Å²) in [6.45, 7) is 6.96. The maximum atomic E-state index is 11.2. The molecule has 0 radical (unpaired) electrons. The molecule has 0 aliphatic carbocycles. The van der Waals surface area contributed by atoms with E-state index in [1.165, 1.54) is 26.4 Å². The molecule has 1 heterocycles. The average Bonchev–Trinajstić information content (AvgIpc) is 3.13. The lowest BCUT2D eigenvalue weighted by Crippen LogP contribution is -2.26. The zero-order valence-corrected chi connectivity index (χ0v) is 18.5. The summed E-state index contributed by atoms with van der Waals surface area (Å²) in [5.41, 5.74) is 4.72. The summed E-state index contributed by atoms with van der Waals surface area (Å²) in [6.07, 6.45) is 0.568. The molecule has 0 spiro atoms. The van der Waals surface area contributed by atoms with E-state index in [2.05, 4.69) is 44.2 Å². The molecule has 158 valence electrons. The highest BCUT2D eigenvalue weighted by Crippen LogP contribution is 2.32. The van der Waals surface area contributed by atoms with Gasteiger partial charge in [-0.15, -0.1) is 11.3 Å². The number of carboxylic acid groups (broad SMARTS) is 1. The number of aryl methyl sites for hydroxylation is 2. The van der Waals surface area contributed by atoms with Crippen LogP contribution in [0.3, 0.4) is 0 Å². The van der Waals surface area contributed by atoms with Crippen LogP contribution >= 0.6 is 11.3 Å². The summed E-state index contributed by atoms with van der Waals surface area (Å²) in [7, 11) is 0. The van der Waals surface area contributed by atoms with Gasteiger partial charge in [0.2, 0.25) is 0 Å². The van der Waals surface area contributed by atoms with Crippen LogP contribution in [0.4, 0.5) is 0 Å². The number of carboxylic acids is 1. The predicted octanol–water partition coefficient (Wildman–Crippen LogP) is 5.90. The van der Waals surface area contributed by atoms with Gasteiger partial charge in [-0.05, 0) is 60.7 Å². The number of rotatable bonds is 10. The van der Waals surface area contributed by atoms with Crippen LogP contribution < -0.4 is 4.74 Å². The molecular weight excluding hydrogens is 396 g/mol. The average molecular weight is 425 g/mol. The van der Waals surface area contributed by atoms with E-state index < -0.39 is 12.1 Å². The summed E-state index contributed by atoms with van der Waals surface area (Å²) in [5, 5.41) is 9.22. The van der Waals surface area contributed by atoms with Gasteiger partial charge >= 0.3 is 5.97 Å². The van der Waals surface area contributed by atoms with Crippen molar-refractivity contribution in [2.24, 2.45) is 0 Å². The summed E-state index contributed by atoms with van der Waals surface area (Å²) in [5.74, 6) is -0.172. The molecule has 0 bridgehead atoms. The smallest absolute Gasteiger partial charge is 0.333 e. The van der Waals surface area contributed by atoms with Gasteiger partial charge in [-0.3, -0.25) is 0 Å². The van der Waals surface area contributed by atoms with Crippen LogP contribution in [-0.4, -0.2) is 23.8 Å². The lowest BCUT2D eigenvalue weighted by molar-refractivity contribution is -0.149. The Morgan fingerprint density at radius 3 is 2.30 bits per heavy atom. The monoisotopic (exact) mass is 424 g/mol. The molecule has 3 aromatic rings. The Morgan fingerprint density at radius 2 is 1.70 bits per heavy atom. The van der Waals surface area contributed by atoms with Crippen LogP contribution in [0.25, 0.3) is 10.4 Å². The number of aliphatic carboxylic acids is 1. The summed E-state index contributed by atoms with van der Waals surface area (Å²) >= 11 is 1.76. The van der Waals surface area contributed by atoms with E-state index >= 15 is 0 Å². The Kier molecular flexibility index (Phi) is 7.66. The molecule has 30 heavy (non-hydrogen) atoms. The topological polar surface area (TPSA) is 55.8 Å². The molecule has 0 saturated carbocycles. The fraction of sp³-hybridized carbons (Fsp3) is 0.320. The first kappa shape index (κ1) is 22.1. The number of carbonyl (C=O) groups is 1. The van der Waals surface area contributed by atoms with Gasteiger partial charge in [-0.2, -0.15) is 0 Å². The molecule has 3 rings (SSSR count). The third-order valence-electron chi connectivity index (χ3n) is 5.02. The highest BCUT2D eigenvalue weighted by Gasteiger charge is 2.17. The number of hydrogen-bond donors (Lipinski definition) is 1. The van der Waals surface area contributed by atoms with Gasteiger partial charge in [0, 0.05) is 22.8 Å². The lowest BCUT2D eigenvalue weighted by Gasteiger charge is -2.13. The molecule has 0 aliphatic heterocycles. The third-order valence-corrected chi connectivity index (χ3v) is 6.28. The van der Waals surface area contributed by atoms with Crippen LogP contribution in [0.5, 0.6) is 5.75 Å². The predicted molar refractivity (Wildman–Crippen MR) is 121 cm³/mol. The molecule has 0 saturated heterocycles. The van der Waals surface area contributed by atoms with Crippen molar-refractivity contribution in [2.45, 2.75) is 46.3 Å². The molecule has 1 N–H and O–H groups in total. The van der Waals surface area contributed by atoms with Gasteiger partial charge < -0.3 is 14.6 Å². The number of benzene rings is 2. The Balaban J connectivity index is 1.61. The lowest BCUT2D eigenvalue weighted by atomic mass is 10.1. The molecule has 0 unspecified atom stereocenters. The first-order valence-corrected chi connectivity index (χ1v) is 11.1. The third kappa shape index (κ3) is 5.71. The minimum atomic E-state index is -0.939. The Hall–Kier alpha value is -2.63. The van der Waals surface area contributed by atoms with Gasteiger partial charge in [-0.1, -0.05) is 43.3 Å². The fourth-order valence-corrected chi connectivity index (χ4v) is 4.31. The molecule has 0 fully saturated rings. The van der Waals surface area contributed by atoms with E-state index in [1.54, 1.807) is 18.3 Å². The van der Waals surface area contributed by atoms with Crippen molar-refractivity contribution >= 4 is 17.3 Å². The van der Waals surface area contributed by atoms with E-state index in [-0.39, 0.29) is 0 Å². The Labute approximate surface area is 182 Å². The van der Waals surface area contributed by atoms with Crippen molar-refractivity contribution in [3.63, 3.8) is 0 Å². The molecule has 1 aromatic heterocycles. The highest BCUT2D eigenvalue weighted by molar-refractivity contribution is 7.15. The quantitative estimate of drug-likeness (QED) is 0.440. The van der Waals surface area contributed by atoms with Crippen LogP contribution in [0.1, 0.15) is 35.4 Å². The maximum Gasteiger partial charge on any atom is 0.333 e. The number of ether oxygens (including phenoxy) is 2. The second-order valence-corrected chi connectivity index (χ2v) is 8.32.